The first-order chi connectivity index (χ1) is 16.5. The van der Waals surface area contributed by atoms with Crippen molar-refractivity contribution in [3.63, 3.8) is 0 Å². The van der Waals surface area contributed by atoms with Crippen LogP contribution in [0.1, 0.15) is 37.4 Å². The molecule has 1 aromatic carbocycles. The van der Waals surface area contributed by atoms with Crippen LogP contribution in [0.3, 0.4) is 0 Å². The van der Waals surface area contributed by atoms with E-state index in [1.54, 1.807) is 36.9 Å². The second-order valence-electron chi connectivity index (χ2n) is 9.82. The number of fused-ring (bicyclic) bond motifs is 3. The number of hydrogen-bond donors (Lipinski definition) is 1. The molecule has 2 atom stereocenters. The van der Waals surface area contributed by atoms with Gasteiger partial charge in [-0.2, -0.15) is 0 Å². The van der Waals surface area contributed by atoms with Gasteiger partial charge in [0.25, 0.3) is 5.56 Å². The average molecular weight is 497 g/mol. The zero-order valence-electron chi connectivity index (χ0n) is 20.7. The third-order valence-electron chi connectivity index (χ3n) is 6.33. The maximum Gasteiger partial charge on any atom is 0.258 e. The number of hydrogen-bond acceptors (Lipinski definition) is 5. The summed E-state index contributed by atoms with van der Waals surface area (Å²) >= 11 is 5.97. The van der Waals surface area contributed by atoms with Gasteiger partial charge in [-0.15, -0.1) is 0 Å². The Kier molecular flexibility index (Phi) is 6.84. The molecule has 6 nitrogen and oxygen atoms in total. The van der Waals surface area contributed by atoms with Gasteiger partial charge in [0.15, 0.2) is 5.82 Å². The fourth-order valence-electron chi connectivity index (χ4n) is 4.82. The Labute approximate surface area is 208 Å². The van der Waals surface area contributed by atoms with Crippen molar-refractivity contribution in [2.45, 2.75) is 46.1 Å². The summed E-state index contributed by atoms with van der Waals surface area (Å²) in [5, 5.41) is 2.51. The van der Waals surface area contributed by atoms with Gasteiger partial charge < -0.3 is 15.0 Å². The molecule has 35 heavy (non-hydrogen) atoms. The van der Waals surface area contributed by atoms with Gasteiger partial charge in [0.1, 0.15) is 12.4 Å². The van der Waals surface area contributed by atoms with Crippen LogP contribution >= 0.6 is 11.6 Å². The van der Waals surface area contributed by atoms with Gasteiger partial charge in [0.05, 0.1) is 27.3 Å². The minimum absolute atomic E-state index is 0.0835. The van der Waals surface area contributed by atoms with Crippen LogP contribution in [0.15, 0.2) is 41.3 Å². The van der Waals surface area contributed by atoms with Crippen LogP contribution < -0.4 is 16.0 Å². The number of pyridine rings is 3. The summed E-state index contributed by atoms with van der Waals surface area (Å²) in [7, 11) is 1.76. The Morgan fingerprint density at radius 2 is 1.91 bits per heavy atom. The molecule has 3 heterocycles. The highest BCUT2D eigenvalue weighted by atomic mass is 35.5. The fraction of sp³-hybridized carbons (Fsp3) is 0.370. The average Bonchev–Trinajstić information content (AvgIpc) is 2.79. The molecule has 0 amide bonds. The number of ether oxygens (including phenoxy) is 1. The second kappa shape index (κ2) is 9.55. The molecule has 3 aromatic heterocycles. The van der Waals surface area contributed by atoms with Gasteiger partial charge in [-0.1, -0.05) is 18.5 Å². The Balaban J connectivity index is 1.49. The highest BCUT2D eigenvalue weighted by Crippen LogP contribution is 2.28. The first kappa shape index (κ1) is 25.1. The SMILES string of the molecule is Cc1nc(CC(C)CC(C)(N)COc2ccc3c(c2)c(=O)n(C)c2c(C)nccc32)cc(Cl)c1F. The predicted octanol–water partition coefficient (Wildman–Crippen LogP) is 5.26. The number of rotatable bonds is 7. The van der Waals surface area contributed by atoms with Crippen LogP contribution in [0.2, 0.25) is 5.02 Å². The van der Waals surface area contributed by atoms with Crippen LogP contribution in [0.5, 0.6) is 5.75 Å². The van der Waals surface area contributed by atoms with Gasteiger partial charge in [-0.05, 0) is 75.2 Å². The minimum Gasteiger partial charge on any atom is -0.492 e. The quantitative estimate of drug-likeness (QED) is 0.353. The number of nitrogens with two attached hydrogens (primary N) is 1. The normalized spacial score (nSPS) is 14.3. The van der Waals surface area contributed by atoms with Gasteiger partial charge >= 0.3 is 0 Å². The summed E-state index contributed by atoms with van der Waals surface area (Å²) in [5.41, 5.74) is 8.51. The molecule has 4 rings (SSSR count). The number of nitrogens with zero attached hydrogens (tertiary/aromatic N) is 3. The van der Waals surface area contributed by atoms with Crippen LogP contribution in [0.4, 0.5) is 4.39 Å². The lowest BCUT2D eigenvalue weighted by Crippen LogP contribution is -2.44. The van der Waals surface area contributed by atoms with Crippen LogP contribution in [0.25, 0.3) is 21.7 Å². The van der Waals surface area contributed by atoms with E-state index < -0.39 is 11.4 Å². The Morgan fingerprint density at radius 1 is 1.17 bits per heavy atom. The smallest absolute Gasteiger partial charge is 0.258 e. The zero-order chi connectivity index (χ0) is 25.5. The molecular weight excluding hydrogens is 467 g/mol. The molecule has 0 bridgehead atoms. The molecule has 8 heteroatoms. The topological polar surface area (TPSA) is 83.0 Å². The van der Waals surface area contributed by atoms with Crippen molar-refractivity contribution >= 4 is 33.3 Å². The Morgan fingerprint density at radius 3 is 2.63 bits per heavy atom. The maximum absolute atomic E-state index is 13.8. The van der Waals surface area contributed by atoms with Crippen LogP contribution in [0, 0.1) is 25.6 Å². The highest BCUT2D eigenvalue weighted by Gasteiger charge is 2.24. The summed E-state index contributed by atoms with van der Waals surface area (Å²) < 4.78 is 21.4. The highest BCUT2D eigenvalue weighted by molar-refractivity contribution is 6.30. The summed E-state index contributed by atoms with van der Waals surface area (Å²) in [6.07, 6.45) is 3.04. The largest absolute Gasteiger partial charge is 0.492 e. The monoisotopic (exact) mass is 496 g/mol. The molecule has 4 aromatic rings. The van der Waals surface area contributed by atoms with Gasteiger partial charge in [-0.3, -0.25) is 14.8 Å². The lowest BCUT2D eigenvalue weighted by Gasteiger charge is -2.28. The summed E-state index contributed by atoms with van der Waals surface area (Å²) in [5.74, 6) is 0.283. The maximum atomic E-state index is 13.8. The van der Waals surface area contributed by atoms with E-state index in [4.69, 9.17) is 22.1 Å². The molecule has 184 valence electrons. The van der Waals surface area contributed by atoms with Crippen molar-refractivity contribution in [1.29, 1.82) is 0 Å². The molecule has 0 radical (unpaired) electrons. The van der Waals surface area contributed by atoms with Gasteiger partial charge in [-0.25, -0.2) is 4.39 Å². The predicted molar refractivity (Wildman–Crippen MR) is 139 cm³/mol. The molecule has 0 saturated carbocycles. The molecule has 0 aliphatic heterocycles. The summed E-state index contributed by atoms with van der Waals surface area (Å²) in [4.78, 5) is 21.7. The third kappa shape index (κ3) is 5.16. The van der Waals surface area contributed by atoms with Crippen molar-refractivity contribution in [2.24, 2.45) is 18.7 Å². The first-order valence-electron chi connectivity index (χ1n) is 11.6. The van der Waals surface area contributed by atoms with E-state index in [1.807, 2.05) is 32.0 Å². The van der Waals surface area contributed by atoms with Crippen LogP contribution in [-0.2, 0) is 13.5 Å². The lowest BCUT2D eigenvalue weighted by atomic mass is 9.88. The molecule has 0 saturated heterocycles. The molecule has 0 spiro atoms. The molecule has 2 N–H and O–H groups in total. The minimum atomic E-state index is -0.621. The molecule has 2 unspecified atom stereocenters. The fourth-order valence-corrected chi connectivity index (χ4v) is 5.09. The van der Waals surface area contributed by atoms with Crippen LogP contribution in [-0.4, -0.2) is 26.7 Å². The van der Waals surface area contributed by atoms with E-state index in [-0.39, 0.29) is 23.1 Å². The number of benzene rings is 1. The van der Waals surface area contributed by atoms with Crippen molar-refractivity contribution in [3.05, 3.63) is 74.8 Å². The summed E-state index contributed by atoms with van der Waals surface area (Å²) in [6.45, 7) is 7.78. The van der Waals surface area contributed by atoms with Crippen molar-refractivity contribution in [3.8, 4) is 5.75 Å². The summed E-state index contributed by atoms with van der Waals surface area (Å²) in [6, 6.07) is 9.05. The van der Waals surface area contributed by atoms with E-state index >= 15 is 0 Å². The van der Waals surface area contributed by atoms with E-state index in [2.05, 4.69) is 16.9 Å². The molecule has 0 fully saturated rings. The van der Waals surface area contributed by atoms with Gasteiger partial charge in [0.2, 0.25) is 0 Å². The number of aromatic nitrogens is 3. The zero-order valence-corrected chi connectivity index (χ0v) is 21.4. The molecule has 0 aliphatic rings. The van der Waals surface area contributed by atoms with E-state index in [0.29, 0.717) is 29.7 Å². The second-order valence-corrected chi connectivity index (χ2v) is 10.2. The van der Waals surface area contributed by atoms with E-state index in [9.17, 15) is 9.18 Å². The van der Waals surface area contributed by atoms with Crippen molar-refractivity contribution < 1.29 is 9.13 Å². The van der Waals surface area contributed by atoms with E-state index in [0.717, 1.165) is 27.7 Å². The lowest BCUT2D eigenvalue weighted by molar-refractivity contribution is 0.203. The molecular formula is C27H30ClFN4O2. The Hall–Kier alpha value is -3.03. The van der Waals surface area contributed by atoms with E-state index in [1.165, 1.54) is 0 Å². The number of halogens is 2. The van der Waals surface area contributed by atoms with Gasteiger partial charge in [0, 0.05) is 29.9 Å². The Bertz CT molecular complexity index is 1460. The number of aryl methyl sites for hydroxylation is 3. The van der Waals surface area contributed by atoms with Crippen molar-refractivity contribution in [1.82, 2.24) is 14.5 Å². The first-order valence-corrected chi connectivity index (χ1v) is 12.0. The van der Waals surface area contributed by atoms with Crippen molar-refractivity contribution in [2.75, 3.05) is 6.61 Å². The molecule has 0 aliphatic carbocycles. The third-order valence-corrected chi connectivity index (χ3v) is 6.61. The standard InChI is InChI=1S/C27H30ClFN4O2/c1-15(10-18-11-23(28)24(29)16(2)32-18)13-27(4,30)14-35-19-6-7-20-21-8-9-31-17(3)25(21)33(5)26(34)22(20)12-19/h6-9,11-12,15H,10,13-14,30H2,1-5H3.